The highest BCUT2D eigenvalue weighted by Crippen LogP contribution is 2.44. The van der Waals surface area contributed by atoms with Gasteiger partial charge in [-0.05, 0) is 55.9 Å². The van der Waals surface area contributed by atoms with Crippen LogP contribution in [-0.2, 0) is 14.3 Å². The summed E-state index contributed by atoms with van der Waals surface area (Å²) >= 11 is 0. The molecule has 7 nitrogen and oxygen atoms in total. The number of carbonyl (C=O) groups excluding carboxylic acids is 2. The van der Waals surface area contributed by atoms with Gasteiger partial charge in [0, 0.05) is 24.4 Å². The molecule has 0 bridgehead atoms. The third-order valence-electron chi connectivity index (χ3n) is 6.33. The van der Waals surface area contributed by atoms with Crippen molar-refractivity contribution in [3.63, 3.8) is 0 Å². The van der Waals surface area contributed by atoms with E-state index in [1.54, 1.807) is 0 Å². The lowest BCUT2D eigenvalue weighted by Gasteiger charge is -2.34. The molecule has 1 aliphatic carbocycles. The zero-order chi connectivity index (χ0) is 25.4. The van der Waals surface area contributed by atoms with E-state index < -0.39 is 17.6 Å². The van der Waals surface area contributed by atoms with Gasteiger partial charge in [0.25, 0.3) is 0 Å². The van der Waals surface area contributed by atoms with Crippen molar-refractivity contribution in [2.24, 2.45) is 0 Å². The van der Waals surface area contributed by atoms with Crippen LogP contribution in [0.1, 0.15) is 69.9 Å². The Bertz CT molecular complexity index is 998. The Hall–Kier alpha value is -3.35. The highest BCUT2D eigenvalue weighted by atomic mass is 16.5. The molecule has 0 saturated carbocycles. The number of benzene rings is 2. The van der Waals surface area contributed by atoms with Gasteiger partial charge in [-0.25, -0.2) is 4.79 Å². The van der Waals surface area contributed by atoms with Gasteiger partial charge in [-0.3, -0.25) is 9.59 Å². The van der Waals surface area contributed by atoms with E-state index in [2.05, 4.69) is 29.6 Å². The van der Waals surface area contributed by atoms with E-state index in [0.717, 1.165) is 19.3 Å². The van der Waals surface area contributed by atoms with Gasteiger partial charge >= 0.3 is 12.1 Å². The Balaban J connectivity index is 1.33. The van der Waals surface area contributed by atoms with Gasteiger partial charge in [0.2, 0.25) is 5.91 Å². The normalized spacial score (nSPS) is 12.5. The topological polar surface area (TPSA) is 95.9 Å². The fourth-order valence-corrected chi connectivity index (χ4v) is 4.56. The number of aliphatic carboxylic acids is 1. The highest BCUT2D eigenvalue weighted by molar-refractivity contribution is 5.82. The van der Waals surface area contributed by atoms with E-state index in [-0.39, 0.29) is 18.4 Å². The number of carbonyl (C=O) groups is 3. The van der Waals surface area contributed by atoms with Crippen molar-refractivity contribution in [1.29, 1.82) is 0 Å². The molecule has 2 N–H and O–H groups in total. The molecule has 0 radical (unpaired) electrons. The third kappa shape index (κ3) is 7.07. The molecule has 0 aliphatic heterocycles. The van der Waals surface area contributed by atoms with E-state index in [1.807, 2.05) is 45.0 Å². The molecule has 2 amide bonds. The van der Waals surface area contributed by atoms with Crippen LogP contribution in [0.15, 0.2) is 48.5 Å². The molecule has 0 heterocycles. The monoisotopic (exact) mass is 480 g/mol. The molecule has 188 valence electrons. The quantitative estimate of drug-likeness (QED) is 0.432. The van der Waals surface area contributed by atoms with Crippen LogP contribution in [-0.4, -0.2) is 53.2 Å². The summed E-state index contributed by atoms with van der Waals surface area (Å²) in [6.07, 6.45) is 3.09. The minimum absolute atomic E-state index is 0.0412. The first-order valence-corrected chi connectivity index (χ1v) is 12.3. The summed E-state index contributed by atoms with van der Waals surface area (Å²) in [7, 11) is 0. The average molecular weight is 481 g/mol. The second-order valence-electron chi connectivity index (χ2n) is 9.96. The molecule has 7 heteroatoms. The number of nitrogens with one attached hydrogen (secondary N) is 1. The number of ether oxygens (including phenoxy) is 1. The Labute approximate surface area is 207 Å². The van der Waals surface area contributed by atoms with Crippen LogP contribution in [0, 0.1) is 0 Å². The summed E-state index contributed by atoms with van der Waals surface area (Å²) in [5.41, 5.74) is 4.24. The summed E-state index contributed by atoms with van der Waals surface area (Å²) in [4.78, 5) is 37.1. The molecule has 0 unspecified atom stereocenters. The van der Waals surface area contributed by atoms with Crippen LogP contribution in [0.3, 0.4) is 0 Å². The van der Waals surface area contributed by atoms with Crippen LogP contribution in [0.5, 0.6) is 0 Å². The first-order valence-electron chi connectivity index (χ1n) is 12.3. The lowest BCUT2D eigenvalue weighted by Crippen LogP contribution is -2.48. The second-order valence-corrected chi connectivity index (χ2v) is 9.96. The van der Waals surface area contributed by atoms with Crippen LogP contribution < -0.4 is 5.32 Å². The van der Waals surface area contributed by atoms with E-state index in [4.69, 9.17) is 9.84 Å². The predicted octanol–water partition coefficient (Wildman–Crippen LogP) is 5.19. The van der Waals surface area contributed by atoms with Gasteiger partial charge in [-0.2, -0.15) is 0 Å². The largest absolute Gasteiger partial charge is 0.480 e. The van der Waals surface area contributed by atoms with E-state index >= 15 is 0 Å². The van der Waals surface area contributed by atoms with Crippen molar-refractivity contribution in [2.45, 2.75) is 64.3 Å². The molecule has 2 aromatic carbocycles. The number of carboxylic acids is 1. The zero-order valence-electron chi connectivity index (χ0n) is 20.9. The summed E-state index contributed by atoms with van der Waals surface area (Å²) in [6, 6.07) is 16.5. The molecular formula is C28H36N2O5. The fourth-order valence-electron chi connectivity index (χ4n) is 4.56. The maximum absolute atomic E-state index is 12.4. The molecule has 0 atom stereocenters. The SMILES string of the molecule is CC(C)(C)N(CC(=O)O)C(=O)CCCCCCNC(=O)OCC1c2ccccc2-c2ccccc21. The van der Waals surface area contributed by atoms with Crippen molar-refractivity contribution in [1.82, 2.24) is 10.2 Å². The standard InChI is InChI=1S/C28H36N2O5/c1-28(2,3)30(18-26(32)33)25(31)16-6-4-5-11-17-29-27(34)35-19-24-22-14-9-7-12-20(22)21-13-8-10-15-23(21)24/h7-10,12-15,24H,4-6,11,16-19H2,1-3H3,(H,29,34)(H,32,33). The zero-order valence-corrected chi connectivity index (χ0v) is 20.9. The number of hydrogen-bond donors (Lipinski definition) is 2. The molecule has 2 aromatic rings. The summed E-state index contributed by atoms with van der Waals surface area (Å²) in [5.74, 6) is -1.11. The number of nitrogens with zero attached hydrogens (tertiary/aromatic N) is 1. The van der Waals surface area contributed by atoms with Gasteiger partial charge in [0.1, 0.15) is 13.2 Å². The number of carboxylic acid groups (broad SMARTS) is 1. The molecule has 1 aliphatic rings. The number of unbranched alkanes of at least 4 members (excludes halogenated alkanes) is 3. The first-order chi connectivity index (χ1) is 16.7. The van der Waals surface area contributed by atoms with Crippen LogP contribution in [0.2, 0.25) is 0 Å². The number of amides is 2. The number of rotatable bonds is 11. The molecule has 0 aromatic heterocycles. The van der Waals surface area contributed by atoms with Crippen molar-refractivity contribution in [3.8, 4) is 11.1 Å². The minimum Gasteiger partial charge on any atom is -0.480 e. The minimum atomic E-state index is -1.01. The van der Waals surface area contributed by atoms with Crippen LogP contribution >= 0.6 is 0 Å². The molecule has 35 heavy (non-hydrogen) atoms. The van der Waals surface area contributed by atoms with Gasteiger partial charge in [-0.1, -0.05) is 61.4 Å². The molecule has 3 rings (SSSR count). The van der Waals surface area contributed by atoms with E-state index in [9.17, 15) is 14.4 Å². The Kier molecular flexibility index (Phi) is 8.90. The van der Waals surface area contributed by atoms with Crippen LogP contribution in [0.25, 0.3) is 11.1 Å². The number of hydrogen-bond acceptors (Lipinski definition) is 4. The van der Waals surface area contributed by atoms with Crippen LogP contribution in [0.4, 0.5) is 4.79 Å². The smallest absolute Gasteiger partial charge is 0.407 e. The summed E-state index contributed by atoms with van der Waals surface area (Å²) < 4.78 is 5.54. The Morgan fingerprint density at radius 2 is 1.49 bits per heavy atom. The van der Waals surface area contributed by atoms with Crippen molar-refractivity contribution in [3.05, 3.63) is 59.7 Å². The lowest BCUT2D eigenvalue weighted by molar-refractivity contribution is -0.148. The van der Waals surface area contributed by atoms with E-state index in [1.165, 1.54) is 27.2 Å². The Morgan fingerprint density at radius 1 is 0.914 bits per heavy atom. The van der Waals surface area contributed by atoms with Gasteiger partial charge in [-0.15, -0.1) is 0 Å². The number of alkyl carbamates (subject to hydrolysis) is 1. The molecule has 0 spiro atoms. The maximum atomic E-state index is 12.4. The molecular weight excluding hydrogens is 444 g/mol. The predicted molar refractivity (Wildman–Crippen MR) is 135 cm³/mol. The summed E-state index contributed by atoms with van der Waals surface area (Å²) in [6.45, 7) is 6.03. The maximum Gasteiger partial charge on any atom is 0.407 e. The third-order valence-corrected chi connectivity index (χ3v) is 6.33. The lowest BCUT2D eigenvalue weighted by atomic mass is 9.98. The second kappa shape index (κ2) is 11.9. The number of fused-ring (bicyclic) bond motifs is 3. The molecule has 0 saturated heterocycles. The summed E-state index contributed by atoms with van der Waals surface area (Å²) in [5, 5.41) is 11.9. The Morgan fingerprint density at radius 3 is 2.06 bits per heavy atom. The van der Waals surface area contributed by atoms with Gasteiger partial charge in [0.05, 0.1) is 0 Å². The van der Waals surface area contributed by atoms with Gasteiger partial charge < -0.3 is 20.1 Å². The van der Waals surface area contributed by atoms with E-state index in [0.29, 0.717) is 26.0 Å². The first kappa shape index (κ1) is 26.3. The fraction of sp³-hybridized carbons (Fsp3) is 0.464. The highest BCUT2D eigenvalue weighted by Gasteiger charge is 2.29. The average Bonchev–Trinajstić information content (AvgIpc) is 3.13. The van der Waals surface area contributed by atoms with Crippen molar-refractivity contribution < 1.29 is 24.2 Å². The van der Waals surface area contributed by atoms with Gasteiger partial charge in [0.15, 0.2) is 0 Å². The van der Waals surface area contributed by atoms with Crippen molar-refractivity contribution in [2.75, 3.05) is 19.7 Å². The van der Waals surface area contributed by atoms with Crippen molar-refractivity contribution >= 4 is 18.0 Å². The molecule has 0 fully saturated rings.